The van der Waals surface area contributed by atoms with Crippen LogP contribution in [0.4, 0.5) is 24.5 Å². The number of halogens is 3. The molecule has 13 heteroatoms. The fourth-order valence-corrected chi connectivity index (χ4v) is 3.65. The van der Waals surface area contributed by atoms with Gasteiger partial charge in [0.2, 0.25) is 0 Å². The highest BCUT2D eigenvalue weighted by Crippen LogP contribution is 2.25. The van der Waals surface area contributed by atoms with Gasteiger partial charge in [-0.3, -0.25) is 9.20 Å². The van der Waals surface area contributed by atoms with E-state index in [2.05, 4.69) is 38.9 Å². The van der Waals surface area contributed by atoms with Crippen LogP contribution in [0.15, 0.2) is 41.5 Å². The first-order valence-electron chi connectivity index (χ1n) is 10.8. The Balaban J connectivity index is 0.000000429. The number of aromatic amines is 1. The van der Waals surface area contributed by atoms with Gasteiger partial charge in [0.05, 0.1) is 0 Å². The predicted octanol–water partition coefficient (Wildman–Crippen LogP) is 2.36. The molecule has 1 aromatic carbocycles. The highest BCUT2D eigenvalue weighted by molar-refractivity contribution is 6.03. The molecular weight excluding hydrogens is 469 g/mol. The van der Waals surface area contributed by atoms with Crippen molar-refractivity contribution >= 4 is 28.9 Å². The number of anilines is 2. The number of imidazole rings is 1. The number of fused-ring (bicyclic) bond motifs is 1. The van der Waals surface area contributed by atoms with Crippen molar-refractivity contribution in [2.45, 2.75) is 20.0 Å². The fraction of sp³-hybridized carbons (Fsp3) is 0.364. The number of hydrogen-bond donors (Lipinski definition) is 3. The molecule has 2 aromatic heterocycles. The molecular formula is C22H25F3N6O4. The average Bonchev–Trinajstić information content (AvgIpc) is 3.28. The fourth-order valence-electron chi connectivity index (χ4n) is 3.65. The van der Waals surface area contributed by atoms with Crippen LogP contribution in [0.3, 0.4) is 0 Å². The molecule has 0 atom stereocenters. The molecule has 10 nitrogen and oxygen atoms in total. The minimum Gasteiger partial charge on any atom is -0.475 e. The Kier molecular flexibility index (Phi) is 7.79. The van der Waals surface area contributed by atoms with Gasteiger partial charge in [0.1, 0.15) is 11.3 Å². The molecule has 1 fully saturated rings. The zero-order valence-corrected chi connectivity index (χ0v) is 19.1. The summed E-state index contributed by atoms with van der Waals surface area (Å²) in [6.45, 7) is 9.48. The van der Waals surface area contributed by atoms with E-state index in [1.165, 1.54) is 16.3 Å². The average molecular weight is 494 g/mol. The van der Waals surface area contributed by atoms with Gasteiger partial charge in [-0.25, -0.2) is 14.6 Å². The van der Waals surface area contributed by atoms with Crippen LogP contribution in [0.5, 0.6) is 0 Å². The van der Waals surface area contributed by atoms with E-state index < -0.39 is 17.8 Å². The highest BCUT2D eigenvalue weighted by atomic mass is 19.4. The number of H-pyrrole nitrogens is 1. The molecule has 3 heterocycles. The topological polar surface area (TPSA) is 123 Å². The predicted molar refractivity (Wildman–Crippen MR) is 123 cm³/mol. The van der Waals surface area contributed by atoms with E-state index in [-0.39, 0.29) is 11.6 Å². The zero-order valence-electron chi connectivity index (χ0n) is 19.1. The summed E-state index contributed by atoms with van der Waals surface area (Å²) in [6.07, 6.45) is -2.01. The number of aliphatic carboxylic acids is 1. The summed E-state index contributed by atoms with van der Waals surface area (Å²) in [7, 11) is 0. The van der Waals surface area contributed by atoms with Crippen LogP contribution in [-0.2, 0) is 4.79 Å². The summed E-state index contributed by atoms with van der Waals surface area (Å²) in [6, 6.07) is 7.47. The molecule has 1 amide bonds. The summed E-state index contributed by atoms with van der Waals surface area (Å²) in [4.78, 5) is 45.0. The van der Waals surface area contributed by atoms with Crippen molar-refractivity contribution in [1.82, 2.24) is 19.3 Å². The number of benzene rings is 1. The lowest BCUT2D eigenvalue weighted by Crippen LogP contribution is -2.46. The number of piperazine rings is 1. The maximum atomic E-state index is 12.6. The van der Waals surface area contributed by atoms with E-state index in [0.29, 0.717) is 11.3 Å². The van der Waals surface area contributed by atoms with Crippen LogP contribution in [0, 0.1) is 6.92 Å². The SMILES string of the molecule is CCN1CCN(c2ccc(NC(=O)c3cc4nccn4c(=O)[nH]3)cc2C)CC1.O=C(O)C(F)(F)F. The van der Waals surface area contributed by atoms with Gasteiger partial charge in [-0.05, 0) is 37.2 Å². The molecule has 188 valence electrons. The van der Waals surface area contributed by atoms with E-state index >= 15 is 0 Å². The largest absolute Gasteiger partial charge is 0.490 e. The number of alkyl halides is 3. The molecule has 35 heavy (non-hydrogen) atoms. The van der Waals surface area contributed by atoms with E-state index in [1.54, 1.807) is 12.3 Å². The van der Waals surface area contributed by atoms with Crippen LogP contribution in [0.25, 0.3) is 5.65 Å². The molecule has 0 saturated carbocycles. The summed E-state index contributed by atoms with van der Waals surface area (Å²) in [5.74, 6) is -3.13. The first-order valence-corrected chi connectivity index (χ1v) is 10.8. The Bertz CT molecular complexity index is 1260. The maximum Gasteiger partial charge on any atom is 0.490 e. The lowest BCUT2D eigenvalue weighted by atomic mass is 10.1. The molecule has 3 N–H and O–H groups in total. The van der Waals surface area contributed by atoms with Crippen molar-refractivity contribution in [3.63, 3.8) is 0 Å². The molecule has 0 radical (unpaired) electrons. The molecule has 0 bridgehead atoms. The first-order chi connectivity index (χ1) is 16.5. The van der Waals surface area contributed by atoms with Crippen molar-refractivity contribution in [3.8, 4) is 0 Å². The van der Waals surface area contributed by atoms with Crippen LogP contribution in [0.1, 0.15) is 23.0 Å². The molecule has 3 aromatic rings. The number of nitrogens with one attached hydrogen (secondary N) is 2. The number of carboxylic acid groups (broad SMARTS) is 1. The number of aryl methyl sites for hydroxylation is 1. The van der Waals surface area contributed by atoms with Gasteiger partial charge in [0.15, 0.2) is 0 Å². The normalized spacial score (nSPS) is 14.4. The Labute approximate surface area is 198 Å². The number of likely N-dealkylation sites (N-methyl/N-ethyl adjacent to an activating group) is 1. The Morgan fingerprint density at radius 2 is 1.83 bits per heavy atom. The second-order valence-corrected chi connectivity index (χ2v) is 7.82. The van der Waals surface area contributed by atoms with Gasteiger partial charge in [0, 0.05) is 56.0 Å². The Morgan fingerprint density at radius 1 is 1.17 bits per heavy atom. The standard InChI is InChI=1S/C20H24N6O2.C2HF3O2/c1-3-24-8-10-25(11-9-24)17-5-4-15(12-14(17)2)22-19(27)16-13-18-21-6-7-26(18)20(28)23-16;3-2(4,5)1(6)7/h4-7,12-13H,3,8-11H2,1-2H3,(H,22,27)(H,23,28);(H,6,7). The Hall–Kier alpha value is -3.87. The quantitative estimate of drug-likeness (QED) is 0.509. The minimum absolute atomic E-state index is 0.182. The number of nitrogens with zero attached hydrogens (tertiary/aromatic N) is 4. The second kappa shape index (κ2) is 10.6. The lowest BCUT2D eigenvalue weighted by molar-refractivity contribution is -0.192. The maximum absolute atomic E-state index is 12.6. The van der Waals surface area contributed by atoms with E-state index in [4.69, 9.17) is 9.90 Å². The van der Waals surface area contributed by atoms with Crippen molar-refractivity contribution < 1.29 is 27.9 Å². The van der Waals surface area contributed by atoms with E-state index in [0.717, 1.165) is 38.3 Å². The van der Waals surface area contributed by atoms with Gasteiger partial charge in [-0.1, -0.05) is 6.92 Å². The van der Waals surface area contributed by atoms with E-state index in [9.17, 15) is 22.8 Å². The molecule has 4 rings (SSSR count). The molecule has 1 aliphatic heterocycles. The number of rotatable bonds is 4. The van der Waals surface area contributed by atoms with Gasteiger partial charge in [-0.2, -0.15) is 13.2 Å². The smallest absolute Gasteiger partial charge is 0.475 e. The van der Waals surface area contributed by atoms with Crippen LogP contribution in [-0.4, -0.2) is 75.2 Å². The number of carbonyl (C=O) groups excluding carboxylic acids is 1. The first kappa shape index (κ1) is 25.7. The monoisotopic (exact) mass is 494 g/mol. The number of hydrogen-bond acceptors (Lipinski definition) is 6. The summed E-state index contributed by atoms with van der Waals surface area (Å²) < 4.78 is 33.1. The third-order valence-electron chi connectivity index (χ3n) is 5.51. The number of aromatic nitrogens is 3. The van der Waals surface area contributed by atoms with Crippen LogP contribution >= 0.6 is 0 Å². The highest BCUT2D eigenvalue weighted by Gasteiger charge is 2.38. The summed E-state index contributed by atoms with van der Waals surface area (Å²) in [5, 5.41) is 9.98. The third-order valence-corrected chi connectivity index (χ3v) is 5.51. The number of carbonyl (C=O) groups is 2. The summed E-state index contributed by atoms with van der Waals surface area (Å²) in [5.41, 5.74) is 3.23. The van der Waals surface area contributed by atoms with Crippen molar-refractivity contribution in [3.05, 3.63) is 58.4 Å². The second-order valence-electron chi connectivity index (χ2n) is 7.82. The van der Waals surface area contributed by atoms with Gasteiger partial charge in [-0.15, -0.1) is 0 Å². The Morgan fingerprint density at radius 3 is 2.40 bits per heavy atom. The molecule has 1 saturated heterocycles. The van der Waals surface area contributed by atoms with Gasteiger partial charge < -0.3 is 25.2 Å². The number of carboxylic acids is 1. The van der Waals surface area contributed by atoms with Crippen molar-refractivity contribution in [1.29, 1.82) is 0 Å². The molecule has 0 unspecified atom stereocenters. The number of amides is 1. The van der Waals surface area contributed by atoms with Crippen LogP contribution in [0.2, 0.25) is 0 Å². The van der Waals surface area contributed by atoms with Crippen molar-refractivity contribution in [2.24, 2.45) is 0 Å². The lowest BCUT2D eigenvalue weighted by Gasteiger charge is -2.36. The molecule has 1 aliphatic rings. The van der Waals surface area contributed by atoms with Gasteiger partial charge >= 0.3 is 17.8 Å². The zero-order chi connectivity index (χ0) is 25.8. The van der Waals surface area contributed by atoms with E-state index in [1.807, 2.05) is 18.2 Å². The third kappa shape index (κ3) is 6.38. The molecule has 0 aliphatic carbocycles. The van der Waals surface area contributed by atoms with Crippen molar-refractivity contribution in [2.75, 3.05) is 42.9 Å². The van der Waals surface area contributed by atoms with Gasteiger partial charge in [0.25, 0.3) is 5.91 Å². The molecule has 0 spiro atoms. The summed E-state index contributed by atoms with van der Waals surface area (Å²) >= 11 is 0. The van der Waals surface area contributed by atoms with Crippen LogP contribution < -0.4 is 15.9 Å². The minimum atomic E-state index is -5.08.